The van der Waals surface area contributed by atoms with Gasteiger partial charge < -0.3 is 10.3 Å². The number of nitrogens with two attached hydrogens (primary N) is 1. The van der Waals surface area contributed by atoms with E-state index >= 15 is 0 Å². The second-order valence-electron chi connectivity index (χ2n) is 6.66. The fraction of sp³-hybridized carbons (Fsp3) is 0.368. The topological polar surface area (TPSA) is 65.8 Å². The van der Waals surface area contributed by atoms with E-state index < -0.39 is 0 Å². The largest absolute Gasteiger partial charge is 0.323 e. The number of aryl methyl sites for hydroxylation is 1. The summed E-state index contributed by atoms with van der Waals surface area (Å²) in [6, 6.07) is 8.29. The van der Waals surface area contributed by atoms with E-state index in [1.165, 1.54) is 0 Å². The van der Waals surface area contributed by atoms with Gasteiger partial charge in [0.1, 0.15) is 0 Å². The van der Waals surface area contributed by atoms with E-state index in [9.17, 15) is 4.79 Å². The molecule has 5 heteroatoms. The third-order valence-electron chi connectivity index (χ3n) is 4.86. The molecule has 1 fully saturated rings. The van der Waals surface area contributed by atoms with Gasteiger partial charge >= 0.3 is 0 Å². The fourth-order valence-corrected chi connectivity index (χ4v) is 3.40. The number of nitrogens with zero attached hydrogens (tertiary/aromatic N) is 3. The van der Waals surface area contributed by atoms with Gasteiger partial charge in [0.05, 0.1) is 11.6 Å². The highest BCUT2D eigenvalue weighted by atomic mass is 16.1. The third kappa shape index (κ3) is 2.36. The number of benzene rings is 1. The van der Waals surface area contributed by atoms with Gasteiger partial charge in [-0.25, -0.2) is 0 Å². The fourth-order valence-electron chi connectivity index (χ4n) is 3.40. The average Bonchev–Trinajstić information content (AvgIpc) is 3.33. The van der Waals surface area contributed by atoms with Crippen molar-refractivity contribution >= 4 is 10.8 Å². The van der Waals surface area contributed by atoms with Crippen molar-refractivity contribution in [3.05, 3.63) is 52.7 Å². The lowest BCUT2D eigenvalue weighted by atomic mass is 9.99. The number of fused-ring (bicyclic) bond motifs is 1. The molecule has 1 aliphatic carbocycles. The lowest BCUT2D eigenvalue weighted by Gasteiger charge is -2.19. The third-order valence-corrected chi connectivity index (χ3v) is 4.86. The normalized spacial score (nSPS) is 15.8. The summed E-state index contributed by atoms with van der Waals surface area (Å²) in [5, 5.41) is 5.97. The molecular formula is C19H22N4O. The number of hydrogen-bond donors (Lipinski definition) is 1. The van der Waals surface area contributed by atoms with Gasteiger partial charge in [0.2, 0.25) is 0 Å². The second kappa shape index (κ2) is 5.60. The molecule has 0 bridgehead atoms. The van der Waals surface area contributed by atoms with Crippen molar-refractivity contribution < 1.29 is 0 Å². The Bertz CT molecular complexity index is 965. The van der Waals surface area contributed by atoms with Gasteiger partial charge in [0.25, 0.3) is 5.56 Å². The molecule has 1 saturated carbocycles. The van der Waals surface area contributed by atoms with Crippen molar-refractivity contribution in [2.45, 2.75) is 38.3 Å². The van der Waals surface area contributed by atoms with Crippen molar-refractivity contribution in [2.75, 3.05) is 0 Å². The minimum atomic E-state index is -0.107. The zero-order valence-electron chi connectivity index (χ0n) is 14.1. The number of rotatable bonds is 4. The summed E-state index contributed by atoms with van der Waals surface area (Å²) in [5.41, 5.74) is 9.25. The highest BCUT2D eigenvalue weighted by Gasteiger charge is 2.29. The molecule has 124 valence electrons. The Morgan fingerprint density at radius 1 is 1.38 bits per heavy atom. The Kier molecular flexibility index (Phi) is 3.53. The molecular weight excluding hydrogens is 300 g/mol. The summed E-state index contributed by atoms with van der Waals surface area (Å²) in [6.45, 7) is 2.06. The zero-order valence-corrected chi connectivity index (χ0v) is 14.1. The van der Waals surface area contributed by atoms with Gasteiger partial charge in [0, 0.05) is 36.6 Å². The lowest BCUT2D eigenvalue weighted by Crippen LogP contribution is -2.27. The van der Waals surface area contributed by atoms with Crippen LogP contribution in [0.5, 0.6) is 0 Å². The molecule has 2 N–H and O–H groups in total. The minimum absolute atomic E-state index is 0.0772. The standard InChI is InChI=1S/C19H22N4O/c1-3-16(20)17-9-12-5-4-6-15(13-10-21-22(2)11-13)18(12)19(24)23(17)14-7-8-14/h4-6,9-11,14,16H,3,7-8,20H2,1-2H3/t16-/m0/s1. The van der Waals surface area contributed by atoms with Crippen molar-refractivity contribution in [1.29, 1.82) is 0 Å². The van der Waals surface area contributed by atoms with E-state index in [-0.39, 0.29) is 11.6 Å². The second-order valence-corrected chi connectivity index (χ2v) is 6.66. The summed E-state index contributed by atoms with van der Waals surface area (Å²) in [6.07, 6.45) is 6.69. The Labute approximate surface area is 140 Å². The molecule has 4 rings (SSSR count). The molecule has 5 nitrogen and oxygen atoms in total. The van der Waals surface area contributed by atoms with Crippen LogP contribution in [0.4, 0.5) is 0 Å². The first-order valence-electron chi connectivity index (χ1n) is 8.53. The maximum atomic E-state index is 13.3. The molecule has 0 unspecified atom stereocenters. The van der Waals surface area contributed by atoms with Crippen molar-refractivity contribution in [2.24, 2.45) is 12.8 Å². The number of hydrogen-bond acceptors (Lipinski definition) is 3. The molecule has 0 amide bonds. The Morgan fingerprint density at radius 2 is 2.17 bits per heavy atom. The first-order chi connectivity index (χ1) is 11.6. The first kappa shape index (κ1) is 15.1. The highest BCUT2D eigenvalue weighted by molar-refractivity contribution is 5.96. The van der Waals surface area contributed by atoms with Crippen molar-refractivity contribution in [1.82, 2.24) is 14.3 Å². The number of aromatic nitrogens is 3. The molecule has 0 spiro atoms. The smallest absolute Gasteiger partial charge is 0.259 e. The molecule has 1 atom stereocenters. The van der Waals surface area contributed by atoms with E-state index in [1.54, 1.807) is 10.9 Å². The SMILES string of the molecule is CC[C@H](N)c1cc2cccc(-c3cnn(C)c3)c2c(=O)n1C1CC1. The van der Waals surface area contributed by atoms with Gasteiger partial charge in [0.15, 0.2) is 0 Å². The van der Waals surface area contributed by atoms with Crippen LogP contribution in [0.1, 0.15) is 44.0 Å². The quantitative estimate of drug-likeness (QED) is 0.802. The van der Waals surface area contributed by atoms with E-state index in [2.05, 4.69) is 18.1 Å². The van der Waals surface area contributed by atoms with Crippen LogP contribution in [0.3, 0.4) is 0 Å². The first-order valence-corrected chi connectivity index (χ1v) is 8.53. The molecule has 0 aliphatic heterocycles. The maximum Gasteiger partial charge on any atom is 0.259 e. The molecule has 2 aromatic heterocycles. The van der Waals surface area contributed by atoms with Crippen LogP contribution >= 0.6 is 0 Å². The Hall–Kier alpha value is -2.40. The predicted octanol–water partition coefficient (Wildman–Crippen LogP) is 3.15. The summed E-state index contributed by atoms with van der Waals surface area (Å²) >= 11 is 0. The van der Waals surface area contributed by atoms with Gasteiger partial charge in [-0.15, -0.1) is 0 Å². The van der Waals surface area contributed by atoms with Gasteiger partial charge in [-0.05, 0) is 36.3 Å². The molecule has 3 aromatic rings. The maximum absolute atomic E-state index is 13.3. The summed E-state index contributed by atoms with van der Waals surface area (Å²) in [7, 11) is 1.88. The van der Waals surface area contributed by atoms with Crippen LogP contribution in [-0.2, 0) is 7.05 Å². The summed E-state index contributed by atoms with van der Waals surface area (Å²) < 4.78 is 3.70. The van der Waals surface area contributed by atoms with E-state index in [4.69, 9.17) is 5.73 Å². The molecule has 2 heterocycles. The molecule has 1 aromatic carbocycles. The highest BCUT2D eigenvalue weighted by Crippen LogP contribution is 2.37. The predicted molar refractivity (Wildman–Crippen MR) is 95.9 cm³/mol. The van der Waals surface area contributed by atoms with Crippen LogP contribution in [0, 0.1) is 0 Å². The number of pyridine rings is 1. The lowest BCUT2D eigenvalue weighted by molar-refractivity contribution is 0.582. The zero-order chi connectivity index (χ0) is 16.8. The van der Waals surface area contributed by atoms with Crippen LogP contribution in [-0.4, -0.2) is 14.3 Å². The molecule has 0 radical (unpaired) electrons. The van der Waals surface area contributed by atoms with Gasteiger partial charge in [-0.3, -0.25) is 9.48 Å². The van der Waals surface area contributed by atoms with E-state index in [0.29, 0.717) is 6.04 Å². The monoisotopic (exact) mass is 322 g/mol. The van der Waals surface area contributed by atoms with Crippen LogP contribution in [0.15, 0.2) is 41.5 Å². The van der Waals surface area contributed by atoms with Crippen LogP contribution in [0.2, 0.25) is 0 Å². The van der Waals surface area contributed by atoms with Crippen LogP contribution < -0.4 is 11.3 Å². The van der Waals surface area contributed by atoms with E-state index in [0.717, 1.165) is 46.9 Å². The van der Waals surface area contributed by atoms with Crippen molar-refractivity contribution in [3.63, 3.8) is 0 Å². The summed E-state index contributed by atoms with van der Waals surface area (Å²) in [5.74, 6) is 0. The minimum Gasteiger partial charge on any atom is -0.323 e. The molecule has 0 saturated heterocycles. The Balaban J connectivity index is 2.04. The summed E-state index contributed by atoms with van der Waals surface area (Å²) in [4.78, 5) is 13.3. The van der Waals surface area contributed by atoms with Crippen LogP contribution in [0.25, 0.3) is 21.9 Å². The van der Waals surface area contributed by atoms with E-state index in [1.807, 2.05) is 36.0 Å². The molecule has 1 aliphatic rings. The van der Waals surface area contributed by atoms with Gasteiger partial charge in [-0.2, -0.15) is 5.10 Å². The molecule has 24 heavy (non-hydrogen) atoms. The Morgan fingerprint density at radius 3 is 2.79 bits per heavy atom. The average molecular weight is 322 g/mol. The van der Waals surface area contributed by atoms with Crippen molar-refractivity contribution in [3.8, 4) is 11.1 Å². The van der Waals surface area contributed by atoms with Gasteiger partial charge in [-0.1, -0.05) is 25.1 Å².